The molecule has 0 fully saturated rings. The predicted molar refractivity (Wildman–Crippen MR) is 147 cm³/mol. The van der Waals surface area contributed by atoms with Crippen LogP contribution in [0.3, 0.4) is 0 Å². The first kappa shape index (κ1) is 29.6. The van der Waals surface area contributed by atoms with Crippen molar-refractivity contribution in [3.05, 3.63) is 45.0 Å². The number of halogens is 2. The highest BCUT2D eigenvalue weighted by atomic mass is 35.5. The smallest absolute Gasteiger partial charge is 0.416 e. The van der Waals surface area contributed by atoms with Crippen LogP contribution in [0.4, 0.5) is 19.8 Å². The van der Waals surface area contributed by atoms with Crippen LogP contribution in [0.25, 0.3) is 5.52 Å². The number of nitrogens with zero attached hydrogens (tertiary/aromatic N) is 4. The van der Waals surface area contributed by atoms with E-state index in [1.807, 2.05) is 24.4 Å². The van der Waals surface area contributed by atoms with E-state index in [-0.39, 0.29) is 24.1 Å². The summed E-state index contributed by atoms with van der Waals surface area (Å²) in [6.07, 6.45) is -0.806. The van der Waals surface area contributed by atoms with E-state index in [1.54, 1.807) is 47.7 Å². The first-order valence-corrected chi connectivity index (χ1v) is 13.5. The first-order chi connectivity index (χ1) is 17.5. The van der Waals surface area contributed by atoms with Crippen LogP contribution in [0.1, 0.15) is 64.5 Å². The highest BCUT2D eigenvalue weighted by molar-refractivity contribution is 7.09. The van der Waals surface area contributed by atoms with Gasteiger partial charge >= 0.3 is 12.2 Å². The number of ether oxygens (including phenoxy) is 2. The van der Waals surface area contributed by atoms with Crippen molar-refractivity contribution < 1.29 is 23.5 Å². The quantitative estimate of drug-likeness (QED) is 0.350. The second kappa shape index (κ2) is 11.4. The molecule has 3 aromatic rings. The summed E-state index contributed by atoms with van der Waals surface area (Å²) in [4.78, 5) is 32.4. The molecule has 2 amide bonds. The number of hydrogen-bond donors (Lipinski definition) is 1. The minimum Gasteiger partial charge on any atom is -0.444 e. The molecule has 9 nitrogen and oxygen atoms in total. The van der Waals surface area contributed by atoms with Gasteiger partial charge < -0.3 is 14.8 Å². The van der Waals surface area contributed by atoms with Crippen molar-refractivity contribution in [2.75, 3.05) is 4.90 Å². The second-order valence-corrected chi connectivity index (χ2v) is 12.4. The molecule has 38 heavy (non-hydrogen) atoms. The summed E-state index contributed by atoms with van der Waals surface area (Å²) in [5.41, 5.74) is 0.484. The van der Waals surface area contributed by atoms with Gasteiger partial charge in [-0.1, -0.05) is 6.07 Å². The number of nitrogens with one attached hydrogen (secondary N) is 1. The molecule has 0 radical (unpaired) electrons. The summed E-state index contributed by atoms with van der Waals surface area (Å²) in [5.74, 6) is 0.265. The van der Waals surface area contributed by atoms with Crippen molar-refractivity contribution in [1.29, 1.82) is 0 Å². The van der Waals surface area contributed by atoms with Crippen molar-refractivity contribution >= 4 is 46.5 Å². The number of alkyl carbamates (subject to hydrolysis) is 1. The molecule has 0 aliphatic carbocycles. The fourth-order valence-corrected chi connectivity index (χ4v) is 4.61. The molecule has 3 rings (SSSR count). The normalized spacial score (nSPS) is 13.7. The van der Waals surface area contributed by atoms with E-state index in [9.17, 15) is 14.0 Å². The number of hydrogen-bond acceptors (Lipinski definition) is 7. The largest absolute Gasteiger partial charge is 0.444 e. The third kappa shape index (κ3) is 7.80. The lowest BCUT2D eigenvalue weighted by Crippen LogP contribution is -2.44. The lowest BCUT2D eigenvalue weighted by molar-refractivity contribution is 0.0476. The Morgan fingerprint density at radius 1 is 1.21 bits per heavy atom. The van der Waals surface area contributed by atoms with Crippen LogP contribution < -0.4 is 10.2 Å². The Morgan fingerprint density at radius 3 is 2.42 bits per heavy atom. The number of carbonyl (C=O) groups excluding carboxylic acids is 2. The van der Waals surface area contributed by atoms with Crippen molar-refractivity contribution in [2.24, 2.45) is 0 Å². The van der Waals surface area contributed by atoms with E-state index >= 15 is 0 Å². The average molecular weight is 568 g/mol. The van der Waals surface area contributed by atoms with E-state index in [2.05, 4.69) is 15.4 Å². The van der Waals surface area contributed by atoms with E-state index in [0.29, 0.717) is 16.6 Å². The highest BCUT2D eigenvalue weighted by Gasteiger charge is 2.30. The molecule has 0 saturated carbocycles. The van der Waals surface area contributed by atoms with Crippen LogP contribution in [0.2, 0.25) is 5.28 Å². The van der Waals surface area contributed by atoms with Crippen LogP contribution in [0.5, 0.6) is 0 Å². The number of carbonyl (C=O) groups is 2. The van der Waals surface area contributed by atoms with Gasteiger partial charge in [-0.05, 0) is 96.0 Å². The zero-order valence-electron chi connectivity index (χ0n) is 23.0. The lowest BCUT2D eigenvalue weighted by Gasteiger charge is -2.27. The molecule has 0 aromatic carbocycles. The number of aromatic nitrogens is 3. The van der Waals surface area contributed by atoms with Gasteiger partial charge in [0.05, 0.1) is 12.6 Å². The maximum atomic E-state index is 14.6. The summed E-state index contributed by atoms with van der Waals surface area (Å²) < 4.78 is 27.1. The van der Waals surface area contributed by atoms with Gasteiger partial charge in [0.2, 0.25) is 5.28 Å². The second-order valence-electron chi connectivity index (χ2n) is 11.1. The SMILES string of the molecule is Cc1c(C[C@@H](NC(=O)OC(C)(C)C)[C@H](C)F)cn2nc(Cl)nc(N(Cc3cccs3)C(=O)OC(C)(C)C)c12. The minimum absolute atomic E-state index is 0.0731. The van der Waals surface area contributed by atoms with Gasteiger partial charge in [-0.3, -0.25) is 4.90 Å². The Morgan fingerprint density at radius 2 is 1.87 bits per heavy atom. The number of alkyl halides is 1. The van der Waals surface area contributed by atoms with Crippen molar-refractivity contribution in [3.8, 4) is 0 Å². The van der Waals surface area contributed by atoms with Gasteiger partial charge in [0.15, 0.2) is 5.82 Å². The monoisotopic (exact) mass is 567 g/mol. The molecule has 208 valence electrons. The van der Waals surface area contributed by atoms with Crippen molar-refractivity contribution in [2.45, 2.75) is 91.8 Å². The standard InChI is InChI=1S/C26H35ClFN5O4S/c1-15-17(12-19(16(2)28)29-23(34)36-25(3,4)5)13-33-20(15)21(30-22(27)31-33)32(14-18-10-9-11-38-18)24(35)37-26(6,7)8/h9-11,13,16,19H,12,14H2,1-8H3,(H,29,34)/t16-,19+/m0/s1. The Kier molecular flexibility index (Phi) is 8.93. The zero-order chi connectivity index (χ0) is 28.4. The van der Waals surface area contributed by atoms with Gasteiger partial charge in [-0.25, -0.2) is 18.5 Å². The molecular formula is C26H35ClFN5O4S. The molecule has 3 aromatic heterocycles. The molecule has 0 spiro atoms. The molecule has 3 heterocycles. The molecule has 12 heteroatoms. The van der Waals surface area contributed by atoms with Crippen LogP contribution in [-0.2, 0) is 22.4 Å². The number of rotatable bonds is 7. The third-order valence-electron chi connectivity index (χ3n) is 5.40. The topological polar surface area (TPSA) is 98.1 Å². The first-order valence-electron chi connectivity index (χ1n) is 12.2. The summed E-state index contributed by atoms with van der Waals surface area (Å²) in [5, 5.41) is 8.75. The fraction of sp³-hybridized carbons (Fsp3) is 0.538. The lowest BCUT2D eigenvalue weighted by atomic mass is 10.0. The van der Waals surface area contributed by atoms with Crippen LogP contribution in [0, 0.1) is 6.92 Å². The molecule has 0 aliphatic rings. The number of anilines is 1. The maximum absolute atomic E-state index is 14.6. The Labute approximate surface area is 231 Å². The van der Waals surface area contributed by atoms with Gasteiger partial charge in [0, 0.05) is 11.1 Å². The number of amides is 2. The van der Waals surface area contributed by atoms with Crippen molar-refractivity contribution in [3.63, 3.8) is 0 Å². The molecule has 0 unspecified atom stereocenters. The highest BCUT2D eigenvalue weighted by Crippen LogP contribution is 2.31. The van der Waals surface area contributed by atoms with E-state index in [1.165, 1.54) is 27.7 Å². The predicted octanol–water partition coefficient (Wildman–Crippen LogP) is 6.49. The van der Waals surface area contributed by atoms with Gasteiger partial charge in [-0.2, -0.15) is 4.98 Å². The Hall–Kier alpha value is -2.92. The van der Waals surface area contributed by atoms with Crippen LogP contribution >= 0.6 is 22.9 Å². The van der Waals surface area contributed by atoms with Gasteiger partial charge in [0.1, 0.15) is 22.9 Å². The summed E-state index contributed by atoms with van der Waals surface area (Å²) in [6.45, 7) is 14.0. The Balaban J connectivity index is 2.04. The maximum Gasteiger partial charge on any atom is 0.416 e. The molecule has 0 saturated heterocycles. The van der Waals surface area contributed by atoms with Crippen LogP contribution in [-0.4, -0.2) is 50.2 Å². The molecule has 0 aliphatic heterocycles. The minimum atomic E-state index is -1.36. The van der Waals surface area contributed by atoms with E-state index in [0.717, 1.165) is 4.88 Å². The molecule has 2 atom stereocenters. The average Bonchev–Trinajstić information content (AvgIpc) is 3.36. The summed E-state index contributed by atoms with van der Waals surface area (Å²) in [7, 11) is 0. The van der Waals surface area contributed by atoms with E-state index in [4.69, 9.17) is 21.1 Å². The zero-order valence-corrected chi connectivity index (χ0v) is 24.5. The molecule has 0 bridgehead atoms. The van der Waals surface area contributed by atoms with E-state index < -0.39 is 35.6 Å². The molecule has 1 N–H and O–H groups in total. The molecular weight excluding hydrogens is 533 g/mol. The summed E-state index contributed by atoms with van der Waals surface area (Å²) in [6, 6.07) is 2.95. The van der Waals surface area contributed by atoms with Gasteiger partial charge in [-0.15, -0.1) is 16.4 Å². The van der Waals surface area contributed by atoms with Crippen molar-refractivity contribution in [1.82, 2.24) is 19.9 Å². The Bertz CT molecular complexity index is 1280. The number of fused-ring (bicyclic) bond motifs is 1. The number of aryl methyl sites for hydroxylation is 1. The fourth-order valence-electron chi connectivity index (χ4n) is 3.75. The number of thiophene rings is 1. The summed E-state index contributed by atoms with van der Waals surface area (Å²) >= 11 is 7.78. The van der Waals surface area contributed by atoms with Gasteiger partial charge in [0.25, 0.3) is 0 Å². The third-order valence-corrected chi connectivity index (χ3v) is 6.43. The van der Waals surface area contributed by atoms with Crippen LogP contribution in [0.15, 0.2) is 23.7 Å².